The van der Waals surface area contributed by atoms with E-state index in [1.54, 1.807) is 11.9 Å². The van der Waals surface area contributed by atoms with Crippen molar-refractivity contribution in [2.75, 3.05) is 38.1 Å². The minimum atomic E-state index is -3.35. The monoisotopic (exact) mass is 401 g/mol. The summed E-state index contributed by atoms with van der Waals surface area (Å²) in [5.74, 6) is 0.0193. The number of sulfonamides is 1. The number of hydrogen-bond acceptors (Lipinski definition) is 4. The Bertz CT molecular complexity index is 880. The van der Waals surface area contributed by atoms with Crippen LogP contribution < -0.4 is 4.90 Å². The summed E-state index contributed by atoms with van der Waals surface area (Å²) >= 11 is 0. The van der Waals surface area contributed by atoms with Gasteiger partial charge in [0.25, 0.3) is 0 Å². The van der Waals surface area contributed by atoms with Crippen molar-refractivity contribution in [1.29, 1.82) is 0 Å². The van der Waals surface area contributed by atoms with Crippen molar-refractivity contribution < 1.29 is 13.2 Å². The maximum absolute atomic E-state index is 12.8. The minimum absolute atomic E-state index is 0.00629. The molecular weight excluding hydrogens is 374 g/mol. The molecule has 0 spiro atoms. The van der Waals surface area contributed by atoms with Crippen molar-refractivity contribution >= 4 is 21.6 Å². The highest BCUT2D eigenvalue weighted by Gasteiger charge is 2.32. The second-order valence-corrected chi connectivity index (χ2v) is 9.05. The fourth-order valence-corrected chi connectivity index (χ4v) is 4.98. The van der Waals surface area contributed by atoms with E-state index in [9.17, 15) is 13.2 Å². The van der Waals surface area contributed by atoms with Crippen LogP contribution in [0.4, 0.5) is 5.69 Å². The standard InChI is InChI=1S/C21H27N3O3S/c1-18(21(25)22(2)20-11-7-4-8-12-20)23-13-15-24(16-14-23)28(26,27)17-19-9-5-3-6-10-19/h3-12,18H,13-17H2,1-2H3/t18-/m1/s1. The largest absolute Gasteiger partial charge is 0.314 e. The van der Waals surface area contributed by atoms with Crippen molar-refractivity contribution in [3.63, 3.8) is 0 Å². The second kappa shape index (κ2) is 8.86. The molecule has 1 fully saturated rings. The maximum Gasteiger partial charge on any atom is 0.243 e. The van der Waals surface area contributed by atoms with Gasteiger partial charge < -0.3 is 4.90 Å². The van der Waals surface area contributed by atoms with Crippen LogP contribution >= 0.6 is 0 Å². The molecule has 6 nitrogen and oxygen atoms in total. The number of nitrogens with zero attached hydrogens (tertiary/aromatic N) is 3. The molecule has 150 valence electrons. The van der Waals surface area contributed by atoms with Gasteiger partial charge in [0.15, 0.2) is 0 Å². The predicted octanol–water partition coefficient (Wildman–Crippen LogP) is 2.19. The Morgan fingerprint density at radius 3 is 2.07 bits per heavy atom. The van der Waals surface area contributed by atoms with E-state index in [0.717, 1.165) is 11.3 Å². The van der Waals surface area contributed by atoms with Gasteiger partial charge in [0.2, 0.25) is 15.9 Å². The molecule has 0 aliphatic carbocycles. The first kappa shape index (κ1) is 20.5. The lowest BCUT2D eigenvalue weighted by Crippen LogP contribution is -2.55. The van der Waals surface area contributed by atoms with Gasteiger partial charge in [-0.15, -0.1) is 0 Å². The van der Waals surface area contributed by atoms with Gasteiger partial charge >= 0.3 is 0 Å². The average Bonchev–Trinajstić information content (AvgIpc) is 2.73. The summed E-state index contributed by atoms with van der Waals surface area (Å²) in [4.78, 5) is 16.5. The summed E-state index contributed by atoms with van der Waals surface area (Å²) in [7, 11) is -1.58. The molecule has 1 atom stereocenters. The van der Waals surface area contributed by atoms with Gasteiger partial charge in [-0.2, -0.15) is 4.31 Å². The van der Waals surface area contributed by atoms with Crippen molar-refractivity contribution in [3.05, 3.63) is 66.2 Å². The Hall–Kier alpha value is -2.22. The zero-order chi connectivity index (χ0) is 20.1. The fourth-order valence-electron chi connectivity index (χ4n) is 3.46. The number of amides is 1. The predicted molar refractivity (Wildman–Crippen MR) is 112 cm³/mol. The molecule has 1 aliphatic heterocycles. The molecule has 0 bridgehead atoms. The average molecular weight is 402 g/mol. The summed E-state index contributed by atoms with van der Waals surface area (Å²) in [6, 6.07) is 18.4. The van der Waals surface area contributed by atoms with E-state index in [1.165, 1.54) is 4.31 Å². The molecule has 3 rings (SSSR count). The number of anilines is 1. The summed E-state index contributed by atoms with van der Waals surface area (Å²) in [6.45, 7) is 3.78. The van der Waals surface area contributed by atoms with Crippen LogP contribution in [0.5, 0.6) is 0 Å². The molecule has 0 unspecified atom stereocenters. The number of carbonyl (C=O) groups excluding carboxylic acids is 1. The van der Waals surface area contributed by atoms with Gasteiger partial charge in [-0.3, -0.25) is 9.69 Å². The number of para-hydroxylation sites is 1. The second-order valence-electron chi connectivity index (χ2n) is 7.09. The lowest BCUT2D eigenvalue weighted by atomic mass is 10.2. The highest BCUT2D eigenvalue weighted by atomic mass is 32.2. The molecule has 2 aromatic rings. The molecule has 1 aliphatic rings. The van der Waals surface area contributed by atoms with Crippen LogP contribution in [0.1, 0.15) is 12.5 Å². The number of benzene rings is 2. The minimum Gasteiger partial charge on any atom is -0.314 e. The van der Waals surface area contributed by atoms with Crippen LogP contribution in [0.15, 0.2) is 60.7 Å². The number of hydrogen-bond donors (Lipinski definition) is 0. The molecule has 1 amide bonds. The Balaban J connectivity index is 1.58. The van der Waals surface area contributed by atoms with E-state index in [0.29, 0.717) is 26.2 Å². The molecule has 0 saturated carbocycles. The normalized spacial score (nSPS) is 17.2. The van der Waals surface area contributed by atoms with Gasteiger partial charge in [0.1, 0.15) is 0 Å². The van der Waals surface area contributed by atoms with Gasteiger partial charge in [-0.1, -0.05) is 48.5 Å². The van der Waals surface area contributed by atoms with Gasteiger partial charge in [0, 0.05) is 38.9 Å². The van der Waals surface area contributed by atoms with Crippen LogP contribution in [0.25, 0.3) is 0 Å². The van der Waals surface area contributed by atoms with Gasteiger partial charge in [-0.25, -0.2) is 8.42 Å². The molecule has 0 aromatic heterocycles. The molecular formula is C21H27N3O3S. The maximum atomic E-state index is 12.8. The number of carbonyl (C=O) groups is 1. The molecule has 0 N–H and O–H groups in total. The van der Waals surface area contributed by atoms with Crippen molar-refractivity contribution in [2.45, 2.75) is 18.7 Å². The summed E-state index contributed by atoms with van der Waals surface area (Å²) in [5, 5.41) is 0. The van der Waals surface area contributed by atoms with Crippen LogP contribution in [-0.2, 0) is 20.6 Å². The van der Waals surface area contributed by atoms with Crippen LogP contribution in [0.3, 0.4) is 0 Å². The Morgan fingerprint density at radius 2 is 1.50 bits per heavy atom. The third-order valence-electron chi connectivity index (χ3n) is 5.24. The van der Waals surface area contributed by atoms with Crippen LogP contribution in [-0.4, -0.2) is 62.8 Å². The van der Waals surface area contributed by atoms with Crippen LogP contribution in [0.2, 0.25) is 0 Å². The Labute approximate surface area is 167 Å². The van der Waals surface area contributed by atoms with E-state index in [4.69, 9.17) is 0 Å². The topological polar surface area (TPSA) is 60.9 Å². The first-order chi connectivity index (χ1) is 13.4. The molecule has 7 heteroatoms. The zero-order valence-corrected chi connectivity index (χ0v) is 17.2. The summed E-state index contributed by atoms with van der Waals surface area (Å²) in [6.07, 6.45) is 0. The smallest absolute Gasteiger partial charge is 0.243 e. The fraction of sp³-hybridized carbons (Fsp3) is 0.381. The van der Waals surface area contributed by atoms with E-state index >= 15 is 0 Å². The first-order valence-corrected chi connectivity index (χ1v) is 11.1. The third kappa shape index (κ3) is 4.79. The van der Waals surface area contributed by atoms with Crippen molar-refractivity contribution in [1.82, 2.24) is 9.21 Å². The Kier molecular flexibility index (Phi) is 6.49. The van der Waals surface area contributed by atoms with Crippen molar-refractivity contribution in [2.24, 2.45) is 0 Å². The molecule has 1 saturated heterocycles. The number of piperazine rings is 1. The summed E-state index contributed by atoms with van der Waals surface area (Å²) < 4.78 is 26.9. The highest BCUT2D eigenvalue weighted by molar-refractivity contribution is 7.88. The number of likely N-dealkylation sites (N-methyl/N-ethyl adjacent to an activating group) is 1. The molecule has 28 heavy (non-hydrogen) atoms. The van der Waals surface area contributed by atoms with E-state index in [-0.39, 0.29) is 17.7 Å². The van der Waals surface area contributed by atoms with E-state index in [2.05, 4.69) is 4.90 Å². The molecule has 0 radical (unpaired) electrons. The summed E-state index contributed by atoms with van der Waals surface area (Å²) in [5.41, 5.74) is 1.64. The Morgan fingerprint density at radius 1 is 0.964 bits per heavy atom. The third-order valence-corrected chi connectivity index (χ3v) is 7.09. The lowest BCUT2D eigenvalue weighted by Gasteiger charge is -2.37. The highest BCUT2D eigenvalue weighted by Crippen LogP contribution is 2.18. The number of rotatable bonds is 6. The van der Waals surface area contributed by atoms with Crippen LogP contribution in [0, 0.1) is 0 Å². The first-order valence-electron chi connectivity index (χ1n) is 9.47. The molecule has 2 aromatic carbocycles. The molecule has 1 heterocycles. The van der Waals surface area contributed by atoms with E-state index < -0.39 is 10.0 Å². The van der Waals surface area contributed by atoms with Crippen molar-refractivity contribution in [3.8, 4) is 0 Å². The quantitative estimate of drug-likeness (QED) is 0.744. The lowest BCUT2D eigenvalue weighted by molar-refractivity contribution is -0.123. The van der Waals surface area contributed by atoms with Gasteiger partial charge in [-0.05, 0) is 24.6 Å². The SMILES string of the molecule is C[C@H](C(=O)N(C)c1ccccc1)N1CCN(S(=O)(=O)Cc2ccccc2)CC1. The van der Waals surface area contributed by atoms with Gasteiger partial charge in [0.05, 0.1) is 11.8 Å². The zero-order valence-electron chi connectivity index (χ0n) is 16.4. The van der Waals surface area contributed by atoms with E-state index in [1.807, 2.05) is 67.6 Å².